The molecule has 7 heteroatoms. The summed E-state index contributed by atoms with van der Waals surface area (Å²) in [7, 11) is 0. The van der Waals surface area contributed by atoms with Gasteiger partial charge in [0, 0.05) is 17.7 Å². The fraction of sp³-hybridized carbons (Fsp3) is 0.0476. The molecule has 0 fully saturated rings. The van der Waals surface area contributed by atoms with Crippen molar-refractivity contribution < 1.29 is 17.9 Å². The van der Waals surface area contributed by atoms with E-state index in [4.69, 9.17) is 4.74 Å². The normalized spacial score (nSPS) is 11.0. The molecule has 4 rings (SSSR count). The van der Waals surface area contributed by atoms with Gasteiger partial charge in [-0.2, -0.15) is 0 Å². The smallest absolute Gasteiger partial charge is 0.259 e. The molecule has 1 aromatic heterocycles. The number of hydrogen-bond donors (Lipinski definition) is 1. The van der Waals surface area contributed by atoms with Gasteiger partial charge in [-0.1, -0.05) is 12.1 Å². The van der Waals surface area contributed by atoms with E-state index < -0.39 is 17.5 Å². The fourth-order valence-corrected chi connectivity index (χ4v) is 2.82. The van der Waals surface area contributed by atoms with Crippen molar-refractivity contribution in [3.05, 3.63) is 94.0 Å². The van der Waals surface area contributed by atoms with Gasteiger partial charge in [0.15, 0.2) is 0 Å². The third-order valence-electron chi connectivity index (χ3n) is 4.21. The molecular formula is C21H13F3N2O2. The average molecular weight is 382 g/mol. The molecule has 0 spiro atoms. The Morgan fingerprint density at radius 3 is 2.50 bits per heavy atom. The molecular weight excluding hydrogens is 369 g/mol. The minimum absolute atomic E-state index is 0.0714. The minimum Gasteiger partial charge on any atom is -0.488 e. The lowest BCUT2D eigenvalue weighted by atomic mass is 10.1. The summed E-state index contributed by atoms with van der Waals surface area (Å²) in [5.41, 5.74) is 0.574. The largest absolute Gasteiger partial charge is 0.488 e. The Morgan fingerprint density at radius 2 is 1.68 bits per heavy atom. The van der Waals surface area contributed by atoms with Gasteiger partial charge in [0.05, 0.1) is 16.5 Å². The van der Waals surface area contributed by atoms with E-state index >= 15 is 0 Å². The third kappa shape index (κ3) is 3.46. The molecule has 0 radical (unpaired) electrons. The molecule has 0 atom stereocenters. The fourth-order valence-electron chi connectivity index (χ4n) is 2.82. The Labute approximate surface area is 157 Å². The number of rotatable bonds is 4. The maximum Gasteiger partial charge on any atom is 0.259 e. The van der Waals surface area contributed by atoms with Crippen molar-refractivity contribution in [2.45, 2.75) is 6.61 Å². The summed E-state index contributed by atoms with van der Waals surface area (Å²) >= 11 is 0. The molecule has 0 saturated carbocycles. The van der Waals surface area contributed by atoms with Crippen molar-refractivity contribution in [2.24, 2.45) is 0 Å². The third-order valence-corrected chi connectivity index (χ3v) is 4.21. The second kappa shape index (κ2) is 7.19. The number of hydrogen-bond acceptors (Lipinski definition) is 3. The minimum atomic E-state index is -0.768. The summed E-state index contributed by atoms with van der Waals surface area (Å²) in [4.78, 5) is 19.4. The monoisotopic (exact) mass is 382 g/mol. The van der Waals surface area contributed by atoms with E-state index in [2.05, 4.69) is 9.97 Å². The van der Waals surface area contributed by atoms with Gasteiger partial charge in [-0.3, -0.25) is 4.79 Å². The topological polar surface area (TPSA) is 55.0 Å². The van der Waals surface area contributed by atoms with E-state index in [9.17, 15) is 18.0 Å². The second-order valence-corrected chi connectivity index (χ2v) is 6.10. The first-order valence-electron chi connectivity index (χ1n) is 8.37. The summed E-state index contributed by atoms with van der Waals surface area (Å²) in [5, 5.41) is 0.421. The van der Waals surface area contributed by atoms with E-state index in [1.165, 1.54) is 18.2 Å². The number of benzene rings is 3. The van der Waals surface area contributed by atoms with Crippen LogP contribution in [0.2, 0.25) is 0 Å². The highest BCUT2D eigenvalue weighted by Crippen LogP contribution is 2.29. The highest BCUT2D eigenvalue weighted by molar-refractivity contribution is 5.80. The van der Waals surface area contributed by atoms with Gasteiger partial charge in [-0.15, -0.1) is 0 Å². The summed E-state index contributed by atoms with van der Waals surface area (Å²) in [6.07, 6.45) is 0. The van der Waals surface area contributed by atoms with Crippen LogP contribution in [0.5, 0.6) is 5.75 Å². The van der Waals surface area contributed by atoms with Gasteiger partial charge in [0.25, 0.3) is 5.56 Å². The van der Waals surface area contributed by atoms with Crippen LogP contribution < -0.4 is 10.3 Å². The van der Waals surface area contributed by atoms with Gasteiger partial charge in [-0.25, -0.2) is 18.2 Å². The first-order valence-corrected chi connectivity index (χ1v) is 8.37. The lowest BCUT2D eigenvalue weighted by molar-refractivity contribution is 0.299. The molecule has 0 aliphatic rings. The summed E-state index contributed by atoms with van der Waals surface area (Å²) in [5.74, 6) is -1.78. The van der Waals surface area contributed by atoms with Crippen LogP contribution in [0.25, 0.3) is 22.3 Å². The molecule has 0 amide bonds. The molecule has 0 aliphatic heterocycles. The number of ether oxygens (including phenoxy) is 1. The summed E-state index contributed by atoms with van der Waals surface area (Å²) < 4.78 is 46.2. The number of aromatic amines is 1. The van der Waals surface area contributed by atoms with Gasteiger partial charge in [0.1, 0.15) is 35.6 Å². The first kappa shape index (κ1) is 17.8. The Balaban J connectivity index is 1.74. The number of halogens is 3. The van der Waals surface area contributed by atoms with E-state index in [0.717, 1.165) is 18.2 Å². The van der Waals surface area contributed by atoms with Crippen LogP contribution >= 0.6 is 0 Å². The second-order valence-electron chi connectivity index (χ2n) is 6.10. The highest BCUT2D eigenvalue weighted by Gasteiger charge is 2.13. The van der Waals surface area contributed by atoms with E-state index in [1.807, 2.05) is 0 Å². The maximum atomic E-state index is 13.8. The molecule has 0 bridgehead atoms. The van der Waals surface area contributed by atoms with Gasteiger partial charge >= 0.3 is 0 Å². The SMILES string of the molecule is O=c1[nH]c(-c2ccc(F)cc2OCc2ccc(F)cc2F)nc2ccccc12. The van der Waals surface area contributed by atoms with Crippen LogP contribution in [0.15, 0.2) is 65.5 Å². The Bertz CT molecular complexity index is 1240. The number of nitrogens with one attached hydrogen (secondary N) is 1. The van der Waals surface area contributed by atoms with Crippen molar-refractivity contribution in [3.63, 3.8) is 0 Å². The highest BCUT2D eigenvalue weighted by atomic mass is 19.1. The first-order chi connectivity index (χ1) is 13.5. The summed E-state index contributed by atoms with van der Waals surface area (Å²) in [6.45, 7) is -0.250. The van der Waals surface area contributed by atoms with Crippen LogP contribution in [0, 0.1) is 17.5 Å². The lowest BCUT2D eigenvalue weighted by Gasteiger charge is -2.12. The van der Waals surface area contributed by atoms with Gasteiger partial charge < -0.3 is 9.72 Å². The van der Waals surface area contributed by atoms with Crippen LogP contribution in [-0.4, -0.2) is 9.97 Å². The number of para-hydroxylation sites is 1. The van der Waals surface area contributed by atoms with Crippen LogP contribution in [0.4, 0.5) is 13.2 Å². The Hall–Kier alpha value is -3.61. The van der Waals surface area contributed by atoms with Gasteiger partial charge in [-0.05, 0) is 36.4 Å². The number of fused-ring (bicyclic) bond motifs is 1. The van der Waals surface area contributed by atoms with E-state index in [1.54, 1.807) is 24.3 Å². The predicted molar refractivity (Wildman–Crippen MR) is 98.4 cm³/mol. The van der Waals surface area contributed by atoms with Crippen LogP contribution in [-0.2, 0) is 6.61 Å². The zero-order valence-corrected chi connectivity index (χ0v) is 14.4. The van der Waals surface area contributed by atoms with Crippen molar-refractivity contribution in [1.82, 2.24) is 9.97 Å². The van der Waals surface area contributed by atoms with Crippen LogP contribution in [0.3, 0.4) is 0 Å². The molecule has 0 aliphatic carbocycles. The molecule has 28 heavy (non-hydrogen) atoms. The molecule has 0 saturated heterocycles. The Kier molecular flexibility index (Phi) is 4.57. The average Bonchev–Trinajstić information content (AvgIpc) is 2.67. The zero-order valence-electron chi connectivity index (χ0n) is 14.4. The number of nitrogens with zero attached hydrogens (tertiary/aromatic N) is 1. The molecule has 4 nitrogen and oxygen atoms in total. The molecule has 1 heterocycles. The quantitative estimate of drug-likeness (QED) is 0.562. The van der Waals surface area contributed by atoms with E-state index in [0.29, 0.717) is 16.5 Å². The number of aromatic nitrogens is 2. The van der Waals surface area contributed by atoms with Crippen LogP contribution in [0.1, 0.15) is 5.56 Å². The Morgan fingerprint density at radius 1 is 0.929 bits per heavy atom. The van der Waals surface area contributed by atoms with E-state index in [-0.39, 0.29) is 29.3 Å². The predicted octanol–water partition coefficient (Wildman–Crippen LogP) is 4.59. The molecule has 0 unspecified atom stereocenters. The van der Waals surface area contributed by atoms with Gasteiger partial charge in [0.2, 0.25) is 0 Å². The molecule has 140 valence electrons. The van der Waals surface area contributed by atoms with Crippen molar-refractivity contribution in [3.8, 4) is 17.1 Å². The molecule has 4 aromatic rings. The summed E-state index contributed by atoms with van der Waals surface area (Å²) in [6, 6.07) is 13.6. The maximum absolute atomic E-state index is 13.8. The standard InChI is InChI=1S/C21H13F3N2O2/c22-13-6-5-12(17(24)9-13)11-28-19-10-14(23)7-8-16(19)20-25-18-4-2-1-3-15(18)21(27)26-20/h1-10H,11H2,(H,25,26,27). The molecule has 1 N–H and O–H groups in total. The lowest BCUT2D eigenvalue weighted by Crippen LogP contribution is -2.10. The van der Waals surface area contributed by atoms with Crippen molar-refractivity contribution >= 4 is 10.9 Å². The zero-order chi connectivity index (χ0) is 19.7. The number of H-pyrrole nitrogens is 1. The molecule has 3 aromatic carbocycles. The van der Waals surface area contributed by atoms with Crippen molar-refractivity contribution in [1.29, 1.82) is 0 Å². The van der Waals surface area contributed by atoms with Crippen molar-refractivity contribution in [2.75, 3.05) is 0 Å².